The van der Waals surface area contributed by atoms with Crippen LogP contribution in [0.1, 0.15) is 119 Å². The maximum absolute atomic E-state index is 14.4. The predicted molar refractivity (Wildman–Crippen MR) is 229 cm³/mol. The molecule has 1 aromatic rings. The second-order valence-electron chi connectivity index (χ2n) is 22.1. The number of nitrogens with one attached hydrogen (secondary N) is 1. The number of aliphatic hydroxyl groups excluding tert-OH is 3. The Balaban J connectivity index is 1.10. The third-order valence-electron chi connectivity index (χ3n) is 20.8. The first kappa shape index (κ1) is 41.8. The van der Waals surface area contributed by atoms with Crippen LogP contribution in [0.15, 0.2) is 42.0 Å². The van der Waals surface area contributed by atoms with E-state index in [9.17, 15) is 40.2 Å². The predicted octanol–water partition coefficient (Wildman–Crippen LogP) is 4.68. The Kier molecular flexibility index (Phi) is 9.82. The molecular weight excluding hydrogens is 783 g/mol. The van der Waals surface area contributed by atoms with E-state index in [4.69, 9.17) is 4.74 Å². The third kappa shape index (κ3) is 5.08. The highest BCUT2D eigenvalue weighted by molar-refractivity contribution is 5.87. The maximum atomic E-state index is 14.4. The van der Waals surface area contributed by atoms with Crippen LogP contribution in [-0.2, 0) is 27.4 Å². The van der Waals surface area contributed by atoms with Crippen LogP contribution in [-0.4, -0.2) is 91.6 Å². The zero-order chi connectivity index (χ0) is 43.0. The fourth-order valence-corrected chi connectivity index (χ4v) is 18.5. The summed E-state index contributed by atoms with van der Waals surface area (Å²) in [5.41, 5.74) is -5.69. The van der Waals surface area contributed by atoms with Gasteiger partial charge in [-0.2, -0.15) is 0 Å². The summed E-state index contributed by atoms with van der Waals surface area (Å²) in [5, 5.41) is 80.6. The Bertz CT molecular complexity index is 2140. The van der Waals surface area contributed by atoms with Crippen LogP contribution in [0.4, 0.5) is 0 Å². The monoisotopic (exact) mass is 849 g/mol. The molecule has 10 heteroatoms. The first-order valence-corrected chi connectivity index (χ1v) is 24.3. The van der Waals surface area contributed by atoms with Crippen molar-refractivity contribution in [2.24, 2.45) is 69.5 Å². The van der Waals surface area contributed by atoms with Gasteiger partial charge in [0.15, 0.2) is 0 Å². The van der Waals surface area contributed by atoms with Crippen molar-refractivity contribution in [3.63, 3.8) is 0 Å². The summed E-state index contributed by atoms with van der Waals surface area (Å²) in [6.45, 7) is -0.488. The molecule has 0 unspecified atom stereocenters. The highest BCUT2D eigenvalue weighted by Crippen LogP contribution is 2.81. The molecule has 4 bridgehead atoms. The van der Waals surface area contributed by atoms with Crippen LogP contribution in [0, 0.1) is 81.3 Å². The van der Waals surface area contributed by atoms with Crippen molar-refractivity contribution in [1.82, 2.24) is 5.32 Å². The molecule has 1 aliphatic heterocycles. The molecule has 1 spiro atoms. The fraction of sp³-hybridized carbons (Fsp3) is 0.731. The largest absolute Gasteiger partial charge is 0.454 e. The number of fused-ring (bicyclic) bond motifs is 7. The van der Waals surface area contributed by atoms with Gasteiger partial charge >= 0.3 is 5.97 Å². The number of benzene rings is 1. The summed E-state index contributed by atoms with van der Waals surface area (Å²) >= 11 is 0. The SMILES string of the molecule is CN[C@@H]1Cc2c(cccc2CO)C#CCC[C@]23CC[C@H]4[C@@](O)(C[C@H]5C[C@H]6[C@H](C=CC[C@@H]6C6CCCC6)C[C@H]6[C@@H](O)CC[C@@]4(C=O)[C@]56O)[C@@]2(O)C[C@@H]2C[C@@H]1[C@H]1OC(=O)C=C1[C@@]23CO. The second-order valence-corrected chi connectivity index (χ2v) is 22.1. The molecule has 10 aliphatic carbocycles. The van der Waals surface area contributed by atoms with E-state index in [0.717, 1.165) is 29.4 Å². The first-order valence-electron chi connectivity index (χ1n) is 24.3. The molecule has 0 amide bonds. The van der Waals surface area contributed by atoms with Gasteiger partial charge in [-0.25, -0.2) is 4.79 Å². The fourth-order valence-electron chi connectivity index (χ4n) is 18.5. The van der Waals surface area contributed by atoms with Gasteiger partial charge in [0.2, 0.25) is 0 Å². The van der Waals surface area contributed by atoms with Crippen molar-refractivity contribution in [1.29, 1.82) is 0 Å². The lowest BCUT2D eigenvalue weighted by Gasteiger charge is -2.72. The Morgan fingerprint density at radius 2 is 1.76 bits per heavy atom. The molecule has 7 saturated carbocycles. The van der Waals surface area contributed by atoms with E-state index in [1.807, 2.05) is 25.2 Å². The van der Waals surface area contributed by atoms with Crippen LogP contribution >= 0.6 is 0 Å². The summed E-state index contributed by atoms with van der Waals surface area (Å²) in [6.07, 6.45) is 15.9. The minimum absolute atomic E-state index is 0.0905. The summed E-state index contributed by atoms with van der Waals surface area (Å²) in [7, 11) is 1.90. The zero-order valence-corrected chi connectivity index (χ0v) is 36.3. The van der Waals surface area contributed by atoms with Crippen molar-refractivity contribution in [3.05, 3.63) is 58.7 Å². The Hall–Kier alpha value is -2.88. The molecule has 1 heterocycles. The molecule has 10 nitrogen and oxygen atoms in total. The van der Waals surface area contributed by atoms with Crippen LogP contribution in [0.25, 0.3) is 0 Å². The number of aliphatic hydroxyl groups is 6. The number of carbonyl (C=O) groups is 2. The number of carbonyl (C=O) groups excluding carboxylic acids is 2. The second kappa shape index (κ2) is 14.6. The minimum Gasteiger partial charge on any atom is -0.454 e. The average Bonchev–Trinajstić information content (AvgIpc) is 3.98. The van der Waals surface area contributed by atoms with E-state index >= 15 is 0 Å². The molecule has 7 fully saturated rings. The summed E-state index contributed by atoms with van der Waals surface area (Å²) < 4.78 is 6.29. The molecule has 17 atom stereocenters. The Morgan fingerprint density at radius 3 is 2.52 bits per heavy atom. The van der Waals surface area contributed by atoms with Crippen molar-refractivity contribution in [2.75, 3.05) is 13.7 Å². The standard InChI is InChI=1S/C52H67NO9/c1-53-42-23-37-31(11-6-13-33(37)27-54)10-4-5-17-48-19-16-44-47(28-55)18-15-43(57)40-20-32-12-7-14-36(30-8-2-3-9-30)38(32)22-35(52(40,47)61)25-50(44,59)51(48,60)26-34-21-39(42)46-41(24-45(58)62-46)49(34,48)29-56/h6-7,11-13,24,28,30,32,34-36,38-40,42-44,46,53-54,56-57,59-61H,2-3,5,8-9,14-23,25-27,29H2,1H3/t32-,34+,35-,36-,38+,39+,40+,42-,43+,44-,46-,47+,48-,49-,50+,51-,52+/m1/s1. The van der Waals surface area contributed by atoms with E-state index in [-0.39, 0.29) is 62.2 Å². The van der Waals surface area contributed by atoms with Crippen molar-refractivity contribution >= 4 is 12.3 Å². The highest BCUT2D eigenvalue weighted by Gasteiger charge is 2.86. The Morgan fingerprint density at radius 1 is 0.952 bits per heavy atom. The van der Waals surface area contributed by atoms with Gasteiger partial charge in [-0.3, -0.25) is 0 Å². The normalized spacial score (nSPS) is 50.0. The molecule has 62 heavy (non-hydrogen) atoms. The molecule has 334 valence electrons. The minimum atomic E-state index is -1.84. The van der Waals surface area contributed by atoms with Gasteiger partial charge in [0, 0.05) is 52.7 Å². The number of aldehydes is 1. The average molecular weight is 850 g/mol. The molecule has 7 N–H and O–H groups in total. The van der Waals surface area contributed by atoms with Crippen LogP contribution < -0.4 is 5.32 Å². The van der Waals surface area contributed by atoms with Crippen LogP contribution in [0.5, 0.6) is 0 Å². The zero-order valence-electron chi connectivity index (χ0n) is 36.3. The summed E-state index contributed by atoms with van der Waals surface area (Å²) in [5.74, 6) is 5.27. The molecule has 1 aromatic carbocycles. The lowest BCUT2D eigenvalue weighted by atomic mass is 9.34. The first-order chi connectivity index (χ1) is 29.9. The van der Waals surface area contributed by atoms with Crippen LogP contribution in [0.2, 0.25) is 0 Å². The lowest BCUT2D eigenvalue weighted by Crippen LogP contribution is -2.81. The summed E-state index contributed by atoms with van der Waals surface area (Å²) in [6, 6.07) is 5.58. The Labute approximate surface area is 366 Å². The highest BCUT2D eigenvalue weighted by atomic mass is 16.5. The number of hydrogen-bond donors (Lipinski definition) is 7. The number of allylic oxidation sites excluding steroid dienone is 2. The molecular formula is C52H67NO9. The molecule has 12 rings (SSSR count). The van der Waals surface area contributed by atoms with Gasteiger partial charge < -0.3 is 45.5 Å². The maximum Gasteiger partial charge on any atom is 0.331 e. The lowest BCUT2D eigenvalue weighted by molar-refractivity contribution is -0.348. The van der Waals surface area contributed by atoms with E-state index in [2.05, 4.69) is 29.3 Å². The van der Waals surface area contributed by atoms with Crippen molar-refractivity contribution < 1.29 is 45.0 Å². The van der Waals surface area contributed by atoms with Crippen molar-refractivity contribution in [3.8, 4) is 11.8 Å². The molecule has 11 aliphatic rings. The van der Waals surface area contributed by atoms with Gasteiger partial charge in [0.05, 0.1) is 35.9 Å². The van der Waals surface area contributed by atoms with Gasteiger partial charge in [-0.1, -0.05) is 61.8 Å². The van der Waals surface area contributed by atoms with E-state index in [1.165, 1.54) is 25.7 Å². The molecule has 0 saturated heterocycles. The van der Waals surface area contributed by atoms with E-state index in [1.54, 1.807) is 6.08 Å². The third-order valence-corrected chi connectivity index (χ3v) is 20.8. The summed E-state index contributed by atoms with van der Waals surface area (Å²) in [4.78, 5) is 28.0. The molecule has 0 aromatic heterocycles. The number of rotatable bonds is 5. The van der Waals surface area contributed by atoms with Gasteiger partial charge in [-0.05, 0) is 142 Å². The number of hydrogen-bond acceptors (Lipinski definition) is 10. The topological polar surface area (TPSA) is 177 Å². The smallest absolute Gasteiger partial charge is 0.331 e. The quantitative estimate of drug-likeness (QED) is 0.0954. The van der Waals surface area contributed by atoms with Gasteiger partial charge in [0.25, 0.3) is 0 Å². The van der Waals surface area contributed by atoms with E-state index in [0.29, 0.717) is 75.2 Å². The van der Waals surface area contributed by atoms with Crippen LogP contribution in [0.3, 0.4) is 0 Å². The number of likely N-dealkylation sites (N-methyl/N-ethyl adjacent to an activating group) is 1. The van der Waals surface area contributed by atoms with Crippen molar-refractivity contribution in [2.45, 2.75) is 151 Å². The number of ether oxygens (including phenoxy) is 1. The van der Waals surface area contributed by atoms with Gasteiger partial charge in [-0.15, -0.1) is 0 Å². The van der Waals surface area contributed by atoms with E-state index < -0.39 is 69.0 Å². The number of esters is 1. The molecule has 0 radical (unpaired) electrons. The van der Waals surface area contributed by atoms with Gasteiger partial charge in [0.1, 0.15) is 18.0 Å².